The third kappa shape index (κ3) is 6.62. The van der Waals surface area contributed by atoms with Crippen LogP contribution in [-0.4, -0.2) is 24.8 Å². The summed E-state index contributed by atoms with van der Waals surface area (Å²) >= 11 is 0. The van der Waals surface area contributed by atoms with Crippen LogP contribution in [0.1, 0.15) is 33.6 Å². The SMILES string of the molecule is CCC(CCO)CNCC(C)C. The lowest BCUT2D eigenvalue weighted by molar-refractivity contribution is 0.250. The van der Waals surface area contributed by atoms with Crippen molar-refractivity contribution in [3.63, 3.8) is 0 Å². The van der Waals surface area contributed by atoms with E-state index in [9.17, 15) is 0 Å². The first-order chi connectivity index (χ1) is 5.70. The quantitative estimate of drug-likeness (QED) is 0.613. The molecule has 0 aromatic rings. The van der Waals surface area contributed by atoms with Crippen molar-refractivity contribution in [3.05, 3.63) is 0 Å². The molecule has 0 aliphatic heterocycles. The topological polar surface area (TPSA) is 32.3 Å². The van der Waals surface area contributed by atoms with Crippen molar-refractivity contribution >= 4 is 0 Å². The molecule has 2 heteroatoms. The zero-order chi connectivity index (χ0) is 9.40. The van der Waals surface area contributed by atoms with E-state index < -0.39 is 0 Å². The van der Waals surface area contributed by atoms with E-state index in [1.165, 1.54) is 0 Å². The van der Waals surface area contributed by atoms with Crippen LogP contribution < -0.4 is 5.32 Å². The molecule has 0 aliphatic rings. The van der Waals surface area contributed by atoms with Gasteiger partial charge in [-0.1, -0.05) is 27.2 Å². The maximum Gasteiger partial charge on any atom is 0.0434 e. The Labute approximate surface area is 76.4 Å². The summed E-state index contributed by atoms with van der Waals surface area (Å²) < 4.78 is 0. The van der Waals surface area contributed by atoms with E-state index >= 15 is 0 Å². The fourth-order valence-electron chi connectivity index (χ4n) is 1.21. The van der Waals surface area contributed by atoms with Crippen LogP contribution in [0.4, 0.5) is 0 Å². The predicted molar refractivity (Wildman–Crippen MR) is 53.2 cm³/mol. The molecule has 0 radical (unpaired) electrons. The van der Waals surface area contributed by atoms with Crippen molar-refractivity contribution in [2.75, 3.05) is 19.7 Å². The summed E-state index contributed by atoms with van der Waals surface area (Å²) in [7, 11) is 0. The van der Waals surface area contributed by atoms with E-state index in [0.29, 0.717) is 12.5 Å². The summed E-state index contributed by atoms with van der Waals surface area (Å²) in [5.41, 5.74) is 0. The number of nitrogens with one attached hydrogen (secondary N) is 1. The second kappa shape index (κ2) is 7.56. The van der Waals surface area contributed by atoms with Crippen LogP contribution in [-0.2, 0) is 0 Å². The third-order valence-corrected chi connectivity index (χ3v) is 2.10. The number of rotatable bonds is 7. The van der Waals surface area contributed by atoms with Gasteiger partial charge in [-0.2, -0.15) is 0 Å². The van der Waals surface area contributed by atoms with Gasteiger partial charge in [-0.05, 0) is 31.3 Å². The van der Waals surface area contributed by atoms with Gasteiger partial charge in [-0.3, -0.25) is 0 Å². The minimum Gasteiger partial charge on any atom is -0.396 e. The van der Waals surface area contributed by atoms with Crippen LogP contribution >= 0.6 is 0 Å². The Morgan fingerprint density at radius 2 is 1.92 bits per heavy atom. The number of aliphatic hydroxyl groups excluding tert-OH is 1. The monoisotopic (exact) mass is 173 g/mol. The maximum absolute atomic E-state index is 8.75. The molecule has 74 valence electrons. The van der Waals surface area contributed by atoms with Crippen molar-refractivity contribution in [2.45, 2.75) is 33.6 Å². The molecule has 1 unspecified atom stereocenters. The number of aliphatic hydroxyl groups is 1. The first-order valence-corrected chi connectivity index (χ1v) is 5.02. The summed E-state index contributed by atoms with van der Waals surface area (Å²) in [6.45, 7) is 9.05. The largest absolute Gasteiger partial charge is 0.396 e. The molecule has 0 aromatic carbocycles. The summed E-state index contributed by atoms with van der Waals surface area (Å²) in [4.78, 5) is 0. The van der Waals surface area contributed by atoms with Crippen molar-refractivity contribution in [1.82, 2.24) is 5.32 Å². The molecule has 0 spiro atoms. The molecule has 12 heavy (non-hydrogen) atoms. The van der Waals surface area contributed by atoms with E-state index in [1.807, 2.05) is 0 Å². The van der Waals surface area contributed by atoms with Crippen molar-refractivity contribution in [1.29, 1.82) is 0 Å². The third-order valence-electron chi connectivity index (χ3n) is 2.10. The molecular formula is C10H23NO. The van der Waals surface area contributed by atoms with E-state index in [2.05, 4.69) is 26.1 Å². The Balaban J connectivity index is 3.31. The summed E-state index contributed by atoms with van der Waals surface area (Å²) in [5, 5.41) is 12.2. The number of hydrogen-bond acceptors (Lipinski definition) is 2. The molecule has 2 nitrogen and oxygen atoms in total. The molecule has 0 bridgehead atoms. The fraction of sp³-hybridized carbons (Fsp3) is 1.00. The molecular weight excluding hydrogens is 150 g/mol. The highest BCUT2D eigenvalue weighted by molar-refractivity contribution is 4.61. The molecule has 0 heterocycles. The van der Waals surface area contributed by atoms with Gasteiger partial charge in [0.2, 0.25) is 0 Å². The molecule has 0 fully saturated rings. The zero-order valence-corrected chi connectivity index (χ0v) is 8.64. The van der Waals surface area contributed by atoms with Crippen molar-refractivity contribution < 1.29 is 5.11 Å². The van der Waals surface area contributed by atoms with Gasteiger partial charge in [0.1, 0.15) is 0 Å². The Kier molecular flexibility index (Phi) is 7.51. The predicted octanol–water partition coefficient (Wildman–Crippen LogP) is 1.64. The normalized spacial score (nSPS) is 13.8. The molecule has 0 rings (SSSR count). The van der Waals surface area contributed by atoms with Crippen molar-refractivity contribution in [2.24, 2.45) is 11.8 Å². The van der Waals surface area contributed by atoms with E-state index in [0.717, 1.165) is 31.8 Å². The van der Waals surface area contributed by atoms with Gasteiger partial charge in [0.25, 0.3) is 0 Å². The smallest absolute Gasteiger partial charge is 0.0434 e. The van der Waals surface area contributed by atoms with Crippen LogP contribution in [0.15, 0.2) is 0 Å². The minimum atomic E-state index is 0.321. The van der Waals surface area contributed by atoms with Gasteiger partial charge < -0.3 is 10.4 Å². The molecule has 0 aliphatic carbocycles. The molecule has 0 amide bonds. The van der Waals surface area contributed by atoms with Crippen LogP contribution in [0.25, 0.3) is 0 Å². The molecule has 0 aromatic heterocycles. The lowest BCUT2D eigenvalue weighted by Crippen LogP contribution is -2.26. The fourth-order valence-corrected chi connectivity index (χ4v) is 1.21. The van der Waals surface area contributed by atoms with E-state index in [-0.39, 0.29) is 0 Å². The van der Waals surface area contributed by atoms with Crippen molar-refractivity contribution in [3.8, 4) is 0 Å². The maximum atomic E-state index is 8.75. The molecule has 1 atom stereocenters. The second-order valence-corrected chi connectivity index (χ2v) is 3.84. The van der Waals surface area contributed by atoms with E-state index in [1.54, 1.807) is 0 Å². The Morgan fingerprint density at radius 3 is 2.33 bits per heavy atom. The lowest BCUT2D eigenvalue weighted by atomic mass is 10.0. The molecule has 0 saturated carbocycles. The average molecular weight is 173 g/mol. The van der Waals surface area contributed by atoms with Crippen LogP contribution in [0.3, 0.4) is 0 Å². The van der Waals surface area contributed by atoms with E-state index in [4.69, 9.17) is 5.11 Å². The summed E-state index contributed by atoms with van der Waals surface area (Å²) in [6, 6.07) is 0. The van der Waals surface area contributed by atoms with Crippen LogP contribution in [0, 0.1) is 11.8 Å². The van der Waals surface area contributed by atoms with Crippen LogP contribution in [0.5, 0.6) is 0 Å². The summed E-state index contributed by atoms with van der Waals surface area (Å²) in [6.07, 6.45) is 2.09. The van der Waals surface area contributed by atoms with Gasteiger partial charge in [-0.15, -0.1) is 0 Å². The van der Waals surface area contributed by atoms with Gasteiger partial charge in [0, 0.05) is 6.61 Å². The Hall–Kier alpha value is -0.0800. The number of hydrogen-bond donors (Lipinski definition) is 2. The standard InChI is InChI=1S/C10H23NO/c1-4-10(5-6-12)8-11-7-9(2)3/h9-12H,4-8H2,1-3H3. The average Bonchev–Trinajstić information content (AvgIpc) is 2.02. The van der Waals surface area contributed by atoms with Gasteiger partial charge in [-0.25, -0.2) is 0 Å². The van der Waals surface area contributed by atoms with Gasteiger partial charge in [0.15, 0.2) is 0 Å². The second-order valence-electron chi connectivity index (χ2n) is 3.84. The van der Waals surface area contributed by atoms with Crippen LogP contribution in [0.2, 0.25) is 0 Å². The zero-order valence-electron chi connectivity index (χ0n) is 8.64. The first kappa shape index (κ1) is 11.9. The van der Waals surface area contributed by atoms with Gasteiger partial charge in [0.05, 0.1) is 0 Å². The highest BCUT2D eigenvalue weighted by atomic mass is 16.3. The van der Waals surface area contributed by atoms with Gasteiger partial charge >= 0.3 is 0 Å². The highest BCUT2D eigenvalue weighted by Gasteiger charge is 2.04. The lowest BCUT2D eigenvalue weighted by Gasteiger charge is -2.15. The minimum absolute atomic E-state index is 0.321. The first-order valence-electron chi connectivity index (χ1n) is 5.02. The molecule has 0 saturated heterocycles. The Bertz CT molecular complexity index is 93.8. The highest BCUT2D eigenvalue weighted by Crippen LogP contribution is 2.05. The molecule has 2 N–H and O–H groups in total. The summed E-state index contributed by atoms with van der Waals surface area (Å²) in [5.74, 6) is 1.37. The Morgan fingerprint density at radius 1 is 1.25 bits per heavy atom.